The first-order valence-electron chi connectivity index (χ1n) is 8.03. The Hall–Kier alpha value is -2.86. The first-order chi connectivity index (χ1) is 12.4. The van der Waals surface area contributed by atoms with Gasteiger partial charge in [-0.15, -0.1) is 0 Å². The maximum absolute atomic E-state index is 12.1. The number of carbonyl (C=O) groups is 3. The van der Waals surface area contributed by atoms with Gasteiger partial charge in [0.1, 0.15) is 0 Å². The summed E-state index contributed by atoms with van der Waals surface area (Å²) in [4.78, 5) is 37.4. The van der Waals surface area contributed by atoms with Crippen LogP contribution < -0.4 is 10.6 Å². The lowest BCUT2D eigenvalue weighted by Gasteiger charge is -2.13. The van der Waals surface area contributed by atoms with E-state index in [0.717, 1.165) is 0 Å². The molecule has 2 aromatic carbocycles. The van der Waals surface area contributed by atoms with E-state index in [4.69, 9.17) is 11.6 Å². The van der Waals surface area contributed by atoms with Gasteiger partial charge in [-0.3, -0.25) is 14.4 Å². The Labute approximate surface area is 157 Å². The predicted octanol–water partition coefficient (Wildman–Crippen LogP) is 2.80. The number of nitrogens with zero attached hydrogens (tertiary/aromatic N) is 1. The third kappa shape index (κ3) is 5.32. The Bertz CT molecular complexity index is 807. The maximum Gasteiger partial charge on any atom is 0.253 e. The van der Waals surface area contributed by atoms with Crippen LogP contribution in [0.1, 0.15) is 27.1 Å². The van der Waals surface area contributed by atoms with Crippen LogP contribution in [0.25, 0.3) is 0 Å². The summed E-state index contributed by atoms with van der Waals surface area (Å²) in [6.07, 6.45) is 0.0841. The van der Waals surface area contributed by atoms with Gasteiger partial charge in [0.15, 0.2) is 0 Å². The highest BCUT2D eigenvalue weighted by Gasteiger charge is 2.13. The molecule has 0 aliphatic rings. The van der Waals surface area contributed by atoms with Gasteiger partial charge in [-0.25, -0.2) is 0 Å². The predicted molar refractivity (Wildman–Crippen MR) is 101 cm³/mol. The van der Waals surface area contributed by atoms with E-state index in [1.165, 1.54) is 11.0 Å². The Kier molecular flexibility index (Phi) is 6.74. The zero-order valence-electron chi connectivity index (χ0n) is 14.6. The molecule has 0 fully saturated rings. The summed E-state index contributed by atoms with van der Waals surface area (Å²) < 4.78 is 0. The molecule has 6 nitrogen and oxygen atoms in total. The van der Waals surface area contributed by atoms with Crippen LogP contribution in [-0.4, -0.2) is 43.3 Å². The highest BCUT2D eigenvalue weighted by Crippen LogP contribution is 2.23. The highest BCUT2D eigenvalue weighted by atomic mass is 35.5. The van der Waals surface area contributed by atoms with Gasteiger partial charge in [0, 0.05) is 38.2 Å². The van der Waals surface area contributed by atoms with Gasteiger partial charge >= 0.3 is 0 Å². The molecule has 3 amide bonds. The van der Waals surface area contributed by atoms with Crippen molar-refractivity contribution in [3.8, 4) is 0 Å². The summed E-state index contributed by atoms with van der Waals surface area (Å²) in [5.41, 5.74) is 1.32. The van der Waals surface area contributed by atoms with Crippen molar-refractivity contribution in [2.45, 2.75) is 6.42 Å². The summed E-state index contributed by atoms with van der Waals surface area (Å²) in [6.45, 7) is 0.188. The number of rotatable bonds is 6. The van der Waals surface area contributed by atoms with Crippen molar-refractivity contribution in [3.63, 3.8) is 0 Å². The third-order valence-electron chi connectivity index (χ3n) is 3.57. The number of benzene rings is 2. The third-order valence-corrected chi connectivity index (χ3v) is 3.90. The van der Waals surface area contributed by atoms with Gasteiger partial charge < -0.3 is 15.5 Å². The van der Waals surface area contributed by atoms with Gasteiger partial charge in [0.2, 0.25) is 5.91 Å². The zero-order valence-corrected chi connectivity index (χ0v) is 15.3. The van der Waals surface area contributed by atoms with E-state index < -0.39 is 0 Å². The number of nitrogens with one attached hydrogen (secondary N) is 2. The molecule has 136 valence electrons. The average molecular weight is 374 g/mol. The minimum Gasteiger partial charge on any atom is -0.352 e. The van der Waals surface area contributed by atoms with Gasteiger partial charge in [-0.1, -0.05) is 29.8 Å². The molecule has 26 heavy (non-hydrogen) atoms. The molecule has 0 bridgehead atoms. The Morgan fingerprint density at radius 1 is 1.00 bits per heavy atom. The summed E-state index contributed by atoms with van der Waals surface area (Å²) in [5, 5.41) is 5.68. The monoisotopic (exact) mass is 373 g/mol. The molecule has 2 rings (SSSR count). The first-order valence-corrected chi connectivity index (χ1v) is 8.40. The summed E-state index contributed by atoms with van der Waals surface area (Å²) in [7, 11) is 3.29. The number of hydrogen-bond acceptors (Lipinski definition) is 3. The maximum atomic E-state index is 12.1. The van der Waals surface area contributed by atoms with E-state index in [9.17, 15) is 14.4 Å². The van der Waals surface area contributed by atoms with Crippen molar-refractivity contribution in [2.75, 3.05) is 26.0 Å². The summed E-state index contributed by atoms with van der Waals surface area (Å²) in [6, 6.07) is 13.4. The molecule has 2 aromatic rings. The van der Waals surface area contributed by atoms with E-state index in [1.54, 1.807) is 50.5 Å². The number of anilines is 1. The first kappa shape index (κ1) is 19.5. The van der Waals surface area contributed by atoms with Gasteiger partial charge in [-0.2, -0.15) is 0 Å². The molecule has 0 heterocycles. The van der Waals surface area contributed by atoms with Crippen molar-refractivity contribution < 1.29 is 14.4 Å². The Morgan fingerprint density at radius 2 is 1.69 bits per heavy atom. The molecule has 0 saturated heterocycles. The van der Waals surface area contributed by atoms with Crippen LogP contribution in [0.15, 0.2) is 48.5 Å². The van der Waals surface area contributed by atoms with Crippen LogP contribution in [0.3, 0.4) is 0 Å². The van der Waals surface area contributed by atoms with Crippen LogP contribution in [0.4, 0.5) is 5.69 Å². The average Bonchev–Trinajstić information content (AvgIpc) is 2.63. The molecule has 7 heteroatoms. The second kappa shape index (κ2) is 9.01. The topological polar surface area (TPSA) is 78.5 Å². The fraction of sp³-hybridized carbons (Fsp3) is 0.211. The van der Waals surface area contributed by atoms with Crippen LogP contribution in [0, 0.1) is 0 Å². The molecule has 0 aliphatic heterocycles. The number of amides is 3. The molecule has 0 spiro atoms. The zero-order chi connectivity index (χ0) is 19.1. The lowest BCUT2D eigenvalue weighted by Crippen LogP contribution is -2.27. The second-order valence-corrected chi connectivity index (χ2v) is 6.22. The van der Waals surface area contributed by atoms with Crippen molar-refractivity contribution in [1.29, 1.82) is 0 Å². The van der Waals surface area contributed by atoms with Crippen LogP contribution >= 0.6 is 11.6 Å². The van der Waals surface area contributed by atoms with Gasteiger partial charge in [0.05, 0.1) is 10.7 Å². The Balaban J connectivity index is 1.90. The molecule has 0 saturated carbocycles. The van der Waals surface area contributed by atoms with E-state index in [2.05, 4.69) is 10.6 Å². The quantitative estimate of drug-likeness (QED) is 0.817. The molecule has 0 atom stereocenters. The Morgan fingerprint density at radius 3 is 2.35 bits per heavy atom. The number of hydrogen-bond donors (Lipinski definition) is 2. The summed E-state index contributed by atoms with van der Waals surface area (Å²) in [5.74, 6) is -0.739. The van der Waals surface area contributed by atoms with Crippen molar-refractivity contribution in [3.05, 3.63) is 64.7 Å². The highest BCUT2D eigenvalue weighted by molar-refractivity contribution is 6.33. The van der Waals surface area contributed by atoms with E-state index in [0.29, 0.717) is 21.8 Å². The fourth-order valence-electron chi connectivity index (χ4n) is 2.21. The lowest BCUT2D eigenvalue weighted by atomic mass is 10.1. The van der Waals surface area contributed by atoms with Crippen molar-refractivity contribution in [2.24, 2.45) is 0 Å². The fourth-order valence-corrected chi connectivity index (χ4v) is 2.37. The van der Waals surface area contributed by atoms with Crippen LogP contribution in [0.5, 0.6) is 0 Å². The minimum absolute atomic E-state index is 0.0841. The van der Waals surface area contributed by atoms with Crippen molar-refractivity contribution >= 4 is 35.0 Å². The number of halogens is 1. The second-order valence-electron chi connectivity index (χ2n) is 5.81. The number of carbonyl (C=O) groups excluding carboxylic acids is 3. The standard InChI is InChI=1S/C19H20ClN3O3/c1-23(2)19(26)14-8-9-15(20)16(12-14)22-17(24)10-11-21-18(25)13-6-4-3-5-7-13/h3-9,12H,10-11H2,1-2H3,(H,21,25)(H,22,24). The largest absolute Gasteiger partial charge is 0.352 e. The molecule has 0 aromatic heterocycles. The normalized spacial score (nSPS) is 10.1. The molecule has 2 N–H and O–H groups in total. The lowest BCUT2D eigenvalue weighted by molar-refractivity contribution is -0.116. The van der Waals surface area contributed by atoms with Crippen LogP contribution in [0.2, 0.25) is 5.02 Å². The van der Waals surface area contributed by atoms with E-state index >= 15 is 0 Å². The molecule has 0 radical (unpaired) electrons. The van der Waals surface area contributed by atoms with Crippen LogP contribution in [-0.2, 0) is 4.79 Å². The smallest absolute Gasteiger partial charge is 0.253 e. The molecular formula is C19H20ClN3O3. The van der Waals surface area contributed by atoms with E-state index in [-0.39, 0.29) is 30.7 Å². The molecule has 0 aliphatic carbocycles. The van der Waals surface area contributed by atoms with Gasteiger partial charge in [0.25, 0.3) is 11.8 Å². The van der Waals surface area contributed by atoms with Crippen molar-refractivity contribution in [1.82, 2.24) is 10.2 Å². The van der Waals surface area contributed by atoms with E-state index in [1.807, 2.05) is 6.07 Å². The SMILES string of the molecule is CN(C)C(=O)c1ccc(Cl)c(NC(=O)CCNC(=O)c2ccccc2)c1. The molecule has 0 unspecified atom stereocenters. The van der Waals surface area contributed by atoms with Gasteiger partial charge in [-0.05, 0) is 30.3 Å². The molecular weight excluding hydrogens is 354 g/mol. The minimum atomic E-state index is -0.310. The summed E-state index contributed by atoms with van der Waals surface area (Å²) >= 11 is 6.08.